The molecule has 1 aliphatic rings. The van der Waals surface area contributed by atoms with Crippen molar-refractivity contribution < 1.29 is 9.47 Å². The molecule has 1 fully saturated rings. The number of nitrogens with two attached hydrogens (primary N) is 1. The number of methoxy groups -OCH3 is 2. The zero-order valence-corrected chi connectivity index (χ0v) is 14.8. The van der Waals surface area contributed by atoms with Gasteiger partial charge < -0.3 is 15.2 Å². The monoisotopic (exact) mass is 372 g/mol. The van der Waals surface area contributed by atoms with Crippen LogP contribution in [-0.2, 0) is 5.75 Å². The number of halogens is 1. The van der Waals surface area contributed by atoms with Gasteiger partial charge in [-0.05, 0) is 30.5 Å². The highest BCUT2D eigenvalue weighted by molar-refractivity contribution is 9.10. The van der Waals surface area contributed by atoms with Gasteiger partial charge in [0.1, 0.15) is 0 Å². The number of hydrogen-bond donors (Lipinski definition) is 1. The highest BCUT2D eigenvalue weighted by Gasteiger charge is 2.15. The Morgan fingerprint density at radius 3 is 2.52 bits per heavy atom. The summed E-state index contributed by atoms with van der Waals surface area (Å²) in [5, 5.41) is 0.670. The minimum Gasteiger partial charge on any atom is -0.493 e. The first-order valence-electron chi connectivity index (χ1n) is 7.00. The Balaban J connectivity index is 2.02. The van der Waals surface area contributed by atoms with Gasteiger partial charge in [0.2, 0.25) is 0 Å². The molecule has 2 rings (SSSR count). The Bertz CT molecular complexity index is 517. The molecule has 0 heterocycles. The van der Waals surface area contributed by atoms with Crippen LogP contribution in [0, 0.1) is 0 Å². The van der Waals surface area contributed by atoms with Gasteiger partial charge in [0.25, 0.3) is 0 Å². The van der Waals surface area contributed by atoms with Crippen molar-refractivity contribution in [1.82, 2.24) is 0 Å². The molecule has 1 aromatic carbocycles. The van der Waals surface area contributed by atoms with Crippen molar-refractivity contribution >= 4 is 32.9 Å². The lowest BCUT2D eigenvalue weighted by Crippen LogP contribution is -2.11. The Kier molecular flexibility index (Phi) is 6.23. The maximum absolute atomic E-state index is 6.02. The molecular formula is C15H21BrN2O2S. The van der Waals surface area contributed by atoms with Crippen LogP contribution in [0.3, 0.4) is 0 Å². The molecular weight excluding hydrogens is 352 g/mol. The minimum absolute atomic E-state index is 0.423. The van der Waals surface area contributed by atoms with Gasteiger partial charge in [-0.25, -0.2) is 0 Å². The van der Waals surface area contributed by atoms with Crippen LogP contribution >= 0.6 is 27.7 Å². The Labute approximate surface area is 138 Å². The maximum Gasteiger partial charge on any atom is 0.161 e. The largest absolute Gasteiger partial charge is 0.493 e. The fourth-order valence-electron chi connectivity index (χ4n) is 2.41. The minimum atomic E-state index is 0.423. The molecule has 21 heavy (non-hydrogen) atoms. The van der Waals surface area contributed by atoms with E-state index in [4.69, 9.17) is 15.2 Å². The van der Waals surface area contributed by atoms with Gasteiger partial charge in [-0.15, -0.1) is 0 Å². The number of ether oxygens (including phenoxy) is 2. The van der Waals surface area contributed by atoms with Crippen LogP contribution < -0.4 is 15.2 Å². The summed E-state index contributed by atoms with van der Waals surface area (Å²) < 4.78 is 11.6. The molecule has 0 atom stereocenters. The van der Waals surface area contributed by atoms with E-state index >= 15 is 0 Å². The number of nitrogens with zero attached hydrogens (tertiary/aromatic N) is 1. The molecule has 4 nitrogen and oxygen atoms in total. The van der Waals surface area contributed by atoms with Gasteiger partial charge in [0.05, 0.1) is 20.3 Å². The number of benzene rings is 1. The first-order chi connectivity index (χ1) is 10.1. The normalized spacial score (nSPS) is 16.2. The fraction of sp³-hybridized carbons (Fsp3) is 0.533. The predicted molar refractivity (Wildman–Crippen MR) is 92.4 cm³/mol. The topological polar surface area (TPSA) is 56.8 Å². The average molecular weight is 373 g/mol. The van der Waals surface area contributed by atoms with E-state index in [1.165, 1.54) is 25.7 Å². The van der Waals surface area contributed by atoms with Gasteiger partial charge in [-0.1, -0.05) is 40.5 Å². The quantitative estimate of drug-likeness (QED) is 0.627. The molecule has 1 saturated carbocycles. The Morgan fingerprint density at radius 1 is 1.29 bits per heavy atom. The molecule has 0 aliphatic heterocycles. The number of hydrogen-bond acceptors (Lipinski definition) is 4. The molecule has 0 aromatic heterocycles. The van der Waals surface area contributed by atoms with Crippen molar-refractivity contribution in [3.05, 3.63) is 22.2 Å². The summed E-state index contributed by atoms with van der Waals surface area (Å²) in [6.07, 6.45) is 4.88. The SMILES string of the molecule is COc1cc(Br)c(CSC(N)=NC2CCCC2)cc1OC. The van der Waals surface area contributed by atoms with Crippen LogP contribution in [-0.4, -0.2) is 25.4 Å². The van der Waals surface area contributed by atoms with Gasteiger partial charge in [-0.2, -0.15) is 0 Å². The maximum atomic E-state index is 6.02. The molecule has 1 aliphatic carbocycles. The summed E-state index contributed by atoms with van der Waals surface area (Å²) in [6.45, 7) is 0. The van der Waals surface area contributed by atoms with Gasteiger partial charge in [-0.3, -0.25) is 4.99 Å². The molecule has 0 unspecified atom stereocenters. The zero-order chi connectivity index (χ0) is 15.2. The zero-order valence-electron chi connectivity index (χ0n) is 12.4. The highest BCUT2D eigenvalue weighted by Crippen LogP contribution is 2.35. The van der Waals surface area contributed by atoms with Crippen molar-refractivity contribution in [3.8, 4) is 11.5 Å². The summed E-state index contributed by atoms with van der Waals surface area (Å²) in [4.78, 5) is 4.58. The molecule has 0 spiro atoms. The standard InChI is InChI=1S/C15H21BrN2O2S/c1-19-13-7-10(12(16)8-14(13)20-2)9-21-15(17)18-11-5-3-4-6-11/h7-8,11H,3-6,9H2,1-2H3,(H2,17,18). The van der Waals surface area contributed by atoms with E-state index in [1.54, 1.807) is 26.0 Å². The highest BCUT2D eigenvalue weighted by atomic mass is 79.9. The lowest BCUT2D eigenvalue weighted by Gasteiger charge is -2.12. The van der Waals surface area contributed by atoms with E-state index in [2.05, 4.69) is 20.9 Å². The van der Waals surface area contributed by atoms with Crippen molar-refractivity contribution in [1.29, 1.82) is 0 Å². The first kappa shape index (κ1) is 16.5. The summed E-state index contributed by atoms with van der Waals surface area (Å²) >= 11 is 5.12. The van der Waals surface area contributed by atoms with Crippen LogP contribution in [0.2, 0.25) is 0 Å². The second-order valence-electron chi connectivity index (χ2n) is 4.99. The van der Waals surface area contributed by atoms with E-state index in [0.717, 1.165) is 21.5 Å². The van der Waals surface area contributed by atoms with E-state index < -0.39 is 0 Å². The fourth-order valence-corrected chi connectivity index (χ4v) is 3.82. The number of rotatable bonds is 5. The van der Waals surface area contributed by atoms with Crippen molar-refractivity contribution in [2.45, 2.75) is 37.5 Å². The number of amidine groups is 1. The molecule has 0 saturated heterocycles. The van der Waals surface area contributed by atoms with Crippen LogP contribution in [0.15, 0.2) is 21.6 Å². The summed E-state index contributed by atoms with van der Waals surface area (Å²) in [5.74, 6) is 2.19. The summed E-state index contributed by atoms with van der Waals surface area (Å²) in [7, 11) is 3.27. The van der Waals surface area contributed by atoms with E-state index in [1.807, 2.05) is 12.1 Å². The van der Waals surface area contributed by atoms with E-state index in [-0.39, 0.29) is 0 Å². The molecule has 0 amide bonds. The first-order valence-corrected chi connectivity index (χ1v) is 8.78. The number of aliphatic imine (C=N–C) groups is 1. The van der Waals surface area contributed by atoms with Crippen molar-refractivity contribution in [2.24, 2.45) is 10.7 Å². The second-order valence-corrected chi connectivity index (χ2v) is 6.84. The van der Waals surface area contributed by atoms with Crippen molar-refractivity contribution in [2.75, 3.05) is 14.2 Å². The van der Waals surface area contributed by atoms with Crippen LogP contribution in [0.25, 0.3) is 0 Å². The predicted octanol–water partition coefficient (Wildman–Crippen LogP) is 3.96. The third-order valence-electron chi connectivity index (χ3n) is 3.56. The molecule has 0 bridgehead atoms. The number of thioether (sulfide) groups is 1. The summed E-state index contributed by atoms with van der Waals surface area (Å²) in [5.41, 5.74) is 7.13. The molecule has 116 valence electrons. The second kappa shape index (κ2) is 7.94. The van der Waals surface area contributed by atoms with Gasteiger partial charge >= 0.3 is 0 Å². The molecule has 0 radical (unpaired) electrons. The van der Waals surface area contributed by atoms with Gasteiger partial charge in [0, 0.05) is 10.2 Å². The Morgan fingerprint density at radius 2 is 1.90 bits per heavy atom. The van der Waals surface area contributed by atoms with Crippen LogP contribution in [0.4, 0.5) is 0 Å². The molecule has 6 heteroatoms. The smallest absolute Gasteiger partial charge is 0.161 e. The average Bonchev–Trinajstić information content (AvgIpc) is 2.98. The van der Waals surface area contributed by atoms with Gasteiger partial charge in [0.15, 0.2) is 16.7 Å². The summed E-state index contributed by atoms with van der Waals surface area (Å²) in [6, 6.07) is 4.31. The Hall–Kier alpha value is -0.880. The third kappa shape index (κ3) is 4.54. The molecule has 2 N–H and O–H groups in total. The lowest BCUT2D eigenvalue weighted by atomic mass is 10.2. The molecule has 1 aromatic rings. The third-order valence-corrected chi connectivity index (χ3v) is 5.16. The van der Waals surface area contributed by atoms with E-state index in [0.29, 0.717) is 17.0 Å². The lowest BCUT2D eigenvalue weighted by molar-refractivity contribution is 0.354. The van der Waals surface area contributed by atoms with Crippen LogP contribution in [0.1, 0.15) is 31.2 Å². The van der Waals surface area contributed by atoms with E-state index in [9.17, 15) is 0 Å². The van der Waals surface area contributed by atoms with Crippen LogP contribution in [0.5, 0.6) is 11.5 Å². The van der Waals surface area contributed by atoms with Crippen molar-refractivity contribution in [3.63, 3.8) is 0 Å².